The lowest BCUT2D eigenvalue weighted by Crippen LogP contribution is -2.32. The van der Waals surface area contributed by atoms with Gasteiger partial charge in [0.2, 0.25) is 0 Å². The third-order valence-electron chi connectivity index (χ3n) is 3.83. The van der Waals surface area contributed by atoms with E-state index in [-0.39, 0.29) is 0 Å². The van der Waals surface area contributed by atoms with Gasteiger partial charge in [-0.3, -0.25) is 4.98 Å². The average Bonchev–Trinajstić information content (AvgIpc) is 2.48. The Morgan fingerprint density at radius 1 is 1.26 bits per heavy atom. The van der Waals surface area contributed by atoms with E-state index in [2.05, 4.69) is 4.98 Å². The normalized spacial score (nSPS) is 21.8. The molecule has 0 saturated carbocycles. The van der Waals surface area contributed by atoms with E-state index < -0.39 is 5.60 Å². The number of nitrogens with zero attached hydrogens (tertiary/aromatic N) is 1. The smallest absolute Gasteiger partial charge is 0.132 e. The van der Waals surface area contributed by atoms with Crippen molar-refractivity contribution in [3.63, 3.8) is 0 Å². The maximum absolute atomic E-state index is 11.1. The highest BCUT2D eigenvalue weighted by molar-refractivity contribution is 5.44. The molecule has 0 aliphatic heterocycles. The van der Waals surface area contributed by atoms with E-state index in [1.807, 2.05) is 36.4 Å². The number of pyridine rings is 1. The molecule has 1 heterocycles. The van der Waals surface area contributed by atoms with Gasteiger partial charge < -0.3 is 9.84 Å². The fraction of sp³-hybridized carbons (Fsp3) is 0.312. The van der Waals surface area contributed by atoms with Gasteiger partial charge in [-0.1, -0.05) is 12.1 Å². The van der Waals surface area contributed by atoms with Gasteiger partial charge in [0.15, 0.2) is 0 Å². The van der Waals surface area contributed by atoms with E-state index in [0.29, 0.717) is 6.42 Å². The topological polar surface area (TPSA) is 42.4 Å². The summed E-state index contributed by atoms with van der Waals surface area (Å²) in [6.07, 6.45) is 4.36. The van der Waals surface area contributed by atoms with Crippen molar-refractivity contribution in [3.8, 4) is 5.75 Å². The van der Waals surface area contributed by atoms with Crippen molar-refractivity contribution in [2.45, 2.75) is 24.9 Å². The lowest BCUT2D eigenvalue weighted by atomic mass is 9.77. The molecule has 1 aliphatic rings. The first kappa shape index (κ1) is 12.2. The second kappa shape index (κ2) is 4.67. The van der Waals surface area contributed by atoms with E-state index >= 15 is 0 Å². The summed E-state index contributed by atoms with van der Waals surface area (Å²) >= 11 is 0. The highest BCUT2D eigenvalue weighted by Crippen LogP contribution is 2.40. The van der Waals surface area contributed by atoms with Crippen molar-refractivity contribution >= 4 is 0 Å². The number of aryl methyl sites for hydroxylation is 1. The minimum Gasteiger partial charge on any atom is -0.497 e. The summed E-state index contributed by atoms with van der Waals surface area (Å²) in [5.74, 6) is 0.837. The van der Waals surface area contributed by atoms with Crippen LogP contribution < -0.4 is 4.74 Å². The fourth-order valence-electron chi connectivity index (χ4n) is 2.85. The molecule has 1 N–H and O–H groups in total. The molecule has 0 fully saturated rings. The quantitative estimate of drug-likeness (QED) is 0.897. The zero-order chi connectivity index (χ0) is 13.3. The number of aromatic nitrogens is 1. The lowest BCUT2D eigenvalue weighted by Gasteiger charge is -2.34. The van der Waals surface area contributed by atoms with Gasteiger partial charge in [-0.05, 0) is 54.7 Å². The Morgan fingerprint density at radius 2 is 2.16 bits per heavy atom. The standard InChI is InChI=1S/C16H17NO2/c1-19-13-7-8-14-12(11-13)5-4-9-16(14,18)15-6-2-3-10-17-15/h2-3,6-8,10-11,18H,4-5,9H2,1H3. The van der Waals surface area contributed by atoms with E-state index in [0.717, 1.165) is 35.4 Å². The number of hydrogen-bond donors (Lipinski definition) is 1. The van der Waals surface area contributed by atoms with Gasteiger partial charge in [0.05, 0.1) is 12.8 Å². The number of rotatable bonds is 2. The van der Waals surface area contributed by atoms with Crippen LogP contribution in [0.3, 0.4) is 0 Å². The molecule has 98 valence electrons. The van der Waals surface area contributed by atoms with E-state index in [1.54, 1.807) is 13.3 Å². The predicted molar refractivity (Wildman–Crippen MR) is 73.2 cm³/mol. The van der Waals surface area contributed by atoms with Crippen molar-refractivity contribution in [2.75, 3.05) is 7.11 Å². The molecule has 3 rings (SSSR count). The first-order valence-corrected chi connectivity index (χ1v) is 6.55. The summed E-state index contributed by atoms with van der Waals surface area (Å²) < 4.78 is 5.26. The van der Waals surface area contributed by atoms with Gasteiger partial charge in [-0.15, -0.1) is 0 Å². The number of fused-ring (bicyclic) bond motifs is 1. The van der Waals surface area contributed by atoms with Gasteiger partial charge in [-0.25, -0.2) is 0 Å². The minimum atomic E-state index is -0.971. The van der Waals surface area contributed by atoms with Crippen molar-refractivity contribution in [1.82, 2.24) is 4.98 Å². The molecule has 0 saturated heterocycles. The second-order valence-electron chi connectivity index (χ2n) is 4.95. The first-order valence-electron chi connectivity index (χ1n) is 6.55. The molecular weight excluding hydrogens is 238 g/mol. The molecule has 1 unspecified atom stereocenters. The van der Waals surface area contributed by atoms with Crippen LogP contribution in [0.1, 0.15) is 29.7 Å². The van der Waals surface area contributed by atoms with Crippen LogP contribution in [0.2, 0.25) is 0 Å². The number of benzene rings is 1. The van der Waals surface area contributed by atoms with Crippen molar-refractivity contribution < 1.29 is 9.84 Å². The summed E-state index contributed by atoms with van der Waals surface area (Å²) in [5, 5.41) is 11.1. The molecular formula is C16H17NO2. The zero-order valence-electron chi connectivity index (χ0n) is 11.0. The molecule has 1 atom stereocenters. The van der Waals surface area contributed by atoms with E-state index in [9.17, 15) is 5.11 Å². The van der Waals surface area contributed by atoms with E-state index in [1.165, 1.54) is 0 Å². The Kier molecular flexibility index (Phi) is 2.99. The molecule has 0 amide bonds. The van der Waals surface area contributed by atoms with Crippen LogP contribution in [-0.4, -0.2) is 17.2 Å². The molecule has 0 bridgehead atoms. The van der Waals surface area contributed by atoms with Crippen LogP contribution >= 0.6 is 0 Å². The average molecular weight is 255 g/mol. The summed E-state index contributed by atoms with van der Waals surface area (Å²) in [6, 6.07) is 11.5. The number of hydrogen-bond acceptors (Lipinski definition) is 3. The minimum absolute atomic E-state index is 0.712. The fourth-order valence-corrected chi connectivity index (χ4v) is 2.85. The molecule has 1 aromatic carbocycles. The zero-order valence-corrected chi connectivity index (χ0v) is 11.0. The van der Waals surface area contributed by atoms with Crippen molar-refractivity contribution in [1.29, 1.82) is 0 Å². The summed E-state index contributed by atoms with van der Waals surface area (Å²) in [6.45, 7) is 0. The van der Waals surface area contributed by atoms with E-state index in [4.69, 9.17) is 4.74 Å². The Bertz CT molecular complexity index is 583. The molecule has 1 aliphatic carbocycles. The van der Waals surface area contributed by atoms with Crippen LogP contribution in [0, 0.1) is 0 Å². The van der Waals surface area contributed by atoms with Gasteiger partial charge >= 0.3 is 0 Å². The Balaban J connectivity index is 2.12. The van der Waals surface area contributed by atoms with Gasteiger partial charge in [0.1, 0.15) is 11.4 Å². The SMILES string of the molecule is COc1ccc2c(c1)CCCC2(O)c1ccccn1. The Hall–Kier alpha value is -1.87. The molecule has 2 aromatic rings. The highest BCUT2D eigenvalue weighted by atomic mass is 16.5. The van der Waals surface area contributed by atoms with Gasteiger partial charge in [-0.2, -0.15) is 0 Å². The first-order chi connectivity index (χ1) is 9.24. The molecule has 1 aromatic heterocycles. The van der Waals surface area contributed by atoms with Crippen LogP contribution in [0.15, 0.2) is 42.6 Å². The number of aliphatic hydroxyl groups is 1. The van der Waals surface area contributed by atoms with Gasteiger partial charge in [0.25, 0.3) is 0 Å². The van der Waals surface area contributed by atoms with Crippen LogP contribution in [0.25, 0.3) is 0 Å². The van der Waals surface area contributed by atoms with Crippen LogP contribution in [-0.2, 0) is 12.0 Å². The summed E-state index contributed by atoms with van der Waals surface area (Å²) in [7, 11) is 1.66. The Labute approximate surface area is 112 Å². The second-order valence-corrected chi connectivity index (χ2v) is 4.95. The molecule has 0 spiro atoms. The maximum Gasteiger partial charge on any atom is 0.132 e. The monoisotopic (exact) mass is 255 g/mol. The van der Waals surface area contributed by atoms with Crippen LogP contribution in [0.4, 0.5) is 0 Å². The van der Waals surface area contributed by atoms with Crippen molar-refractivity contribution in [3.05, 3.63) is 59.4 Å². The molecule has 3 heteroatoms. The molecule has 3 nitrogen and oxygen atoms in total. The largest absolute Gasteiger partial charge is 0.497 e. The molecule has 19 heavy (non-hydrogen) atoms. The van der Waals surface area contributed by atoms with Gasteiger partial charge in [0, 0.05) is 6.20 Å². The third-order valence-corrected chi connectivity index (χ3v) is 3.83. The predicted octanol–water partition coefficient (Wildman–Crippen LogP) is 2.66. The third kappa shape index (κ3) is 2.00. The maximum atomic E-state index is 11.1. The summed E-state index contributed by atoms with van der Waals surface area (Å²) in [4.78, 5) is 4.33. The van der Waals surface area contributed by atoms with Crippen molar-refractivity contribution in [2.24, 2.45) is 0 Å². The number of ether oxygens (including phenoxy) is 1. The number of methoxy groups -OCH3 is 1. The molecule has 0 radical (unpaired) electrons. The Morgan fingerprint density at radius 3 is 2.89 bits per heavy atom. The summed E-state index contributed by atoms with van der Waals surface area (Å²) in [5.41, 5.74) is 1.86. The highest BCUT2D eigenvalue weighted by Gasteiger charge is 2.37. The lowest BCUT2D eigenvalue weighted by molar-refractivity contribution is 0.0571. The van der Waals surface area contributed by atoms with Crippen LogP contribution in [0.5, 0.6) is 5.75 Å².